The second-order valence-electron chi connectivity index (χ2n) is 7.85. The number of nitrogens with one attached hydrogen (secondary N) is 1. The number of rotatable bonds is 0. The van der Waals surface area contributed by atoms with Crippen LogP contribution in [-0.2, 0) is 21.3 Å². The molecule has 1 saturated heterocycles. The van der Waals surface area contributed by atoms with E-state index in [0.717, 1.165) is 6.07 Å². The summed E-state index contributed by atoms with van der Waals surface area (Å²) in [5.41, 5.74) is -3.47. The highest BCUT2D eigenvalue weighted by molar-refractivity contribution is 5.89. The number of hydrogen-bond acceptors (Lipinski definition) is 4. The van der Waals surface area contributed by atoms with Crippen LogP contribution < -0.4 is 5.32 Å². The van der Waals surface area contributed by atoms with Gasteiger partial charge in [-0.25, -0.2) is 14.0 Å². The number of alkyl halides is 3. The standard InChI is InChI=1S/C18H20F4N2O4/c1-16(2,3)28-15(26)24-6-4-17(5-7-24)11-8-12(19)10(18(20,21)22)9-13(11)23-14(25)27-17/h8-9H,4-7H2,1-3H3,(H,23,25). The van der Waals surface area contributed by atoms with Gasteiger partial charge in [-0.15, -0.1) is 0 Å². The first-order valence-corrected chi connectivity index (χ1v) is 8.70. The van der Waals surface area contributed by atoms with E-state index in [1.807, 2.05) is 0 Å². The van der Waals surface area contributed by atoms with Gasteiger partial charge in [0, 0.05) is 31.5 Å². The van der Waals surface area contributed by atoms with Crippen LogP contribution in [0.1, 0.15) is 44.7 Å². The maximum atomic E-state index is 14.1. The van der Waals surface area contributed by atoms with E-state index < -0.39 is 40.9 Å². The third-order valence-electron chi connectivity index (χ3n) is 4.65. The van der Waals surface area contributed by atoms with Crippen molar-refractivity contribution in [3.63, 3.8) is 0 Å². The van der Waals surface area contributed by atoms with E-state index in [1.165, 1.54) is 4.90 Å². The second-order valence-corrected chi connectivity index (χ2v) is 7.85. The number of fused-ring (bicyclic) bond motifs is 2. The fourth-order valence-corrected chi connectivity index (χ4v) is 3.39. The highest BCUT2D eigenvalue weighted by Gasteiger charge is 2.47. The Morgan fingerprint density at radius 1 is 1.21 bits per heavy atom. The Morgan fingerprint density at radius 3 is 2.36 bits per heavy atom. The summed E-state index contributed by atoms with van der Waals surface area (Å²) < 4.78 is 63.7. The van der Waals surface area contributed by atoms with Crippen molar-refractivity contribution in [2.45, 2.75) is 51.0 Å². The molecule has 1 spiro atoms. The van der Waals surface area contributed by atoms with E-state index in [1.54, 1.807) is 20.8 Å². The zero-order valence-electron chi connectivity index (χ0n) is 15.6. The van der Waals surface area contributed by atoms with E-state index in [2.05, 4.69) is 5.32 Å². The number of benzene rings is 1. The first-order valence-electron chi connectivity index (χ1n) is 8.70. The summed E-state index contributed by atoms with van der Waals surface area (Å²) in [6.45, 7) is 5.46. The highest BCUT2D eigenvalue weighted by Crippen LogP contribution is 2.46. The van der Waals surface area contributed by atoms with E-state index >= 15 is 0 Å². The Hall–Kier alpha value is -2.52. The van der Waals surface area contributed by atoms with Gasteiger partial charge in [-0.1, -0.05) is 0 Å². The van der Waals surface area contributed by atoms with Crippen LogP contribution in [0, 0.1) is 5.82 Å². The number of carbonyl (C=O) groups is 2. The molecule has 1 aromatic carbocycles. The molecule has 2 heterocycles. The molecule has 0 saturated carbocycles. The van der Waals surface area contributed by atoms with Gasteiger partial charge in [0.05, 0.1) is 11.3 Å². The molecule has 2 amide bonds. The molecule has 1 fully saturated rings. The molecule has 0 radical (unpaired) electrons. The molecule has 10 heteroatoms. The fraction of sp³-hybridized carbons (Fsp3) is 0.556. The maximum absolute atomic E-state index is 14.1. The SMILES string of the molecule is CC(C)(C)OC(=O)N1CCC2(CC1)OC(=O)Nc1cc(C(F)(F)F)c(F)cc12. The number of ether oxygens (including phenoxy) is 2. The first-order chi connectivity index (χ1) is 12.8. The lowest BCUT2D eigenvalue weighted by atomic mass is 9.81. The van der Waals surface area contributed by atoms with Crippen molar-refractivity contribution in [2.75, 3.05) is 18.4 Å². The lowest BCUT2D eigenvalue weighted by Crippen LogP contribution is -2.50. The van der Waals surface area contributed by atoms with Gasteiger partial charge < -0.3 is 14.4 Å². The van der Waals surface area contributed by atoms with Crippen LogP contribution in [0.25, 0.3) is 0 Å². The Labute approximate surface area is 158 Å². The van der Waals surface area contributed by atoms with Gasteiger partial charge >= 0.3 is 18.4 Å². The van der Waals surface area contributed by atoms with Crippen molar-refractivity contribution in [1.82, 2.24) is 4.90 Å². The Balaban J connectivity index is 1.88. The number of piperidine rings is 1. The van der Waals surface area contributed by atoms with Gasteiger partial charge in [-0.05, 0) is 32.9 Å². The topological polar surface area (TPSA) is 67.9 Å². The summed E-state index contributed by atoms with van der Waals surface area (Å²) in [5, 5.41) is 2.20. The molecule has 0 unspecified atom stereocenters. The molecule has 0 bridgehead atoms. The van der Waals surface area contributed by atoms with Gasteiger partial charge in [0.25, 0.3) is 0 Å². The third kappa shape index (κ3) is 3.85. The molecule has 28 heavy (non-hydrogen) atoms. The minimum atomic E-state index is -4.89. The predicted molar refractivity (Wildman–Crippen MR) is 90.2 cm³/mol. The van der Waals surface area contributed by atoms with Crippen molar-refractivity contribution in [3.8, 4) is 0 Å². The number of halogens is 4. The van der Waals surface area contributed by atoms with Crippen LogP contribution in [-0.4, -0.2) is 35.8 Å². The quantitative estimate of drug-likeness (QED) is 0.640. The van der Waals surface area contributed by atoms with Crippen molar-refractivity contribution >= 4 is 17.9 Å². The smallest absolute Gasteiger partial charge is 0.419 e. The molecule has 1 N–H and O–H groups in total. The molecular weight excluding hydrogens is 384 g/mol. The van der Waals surface area contributed by atoms with E-state index in [9.17, 15) is 27.2 Å². The second kappa shape index (κ2) is 6.52. The van der Waals surface area contributed by atoms with Crippen molar-refractivity contribution in [1.29, 1.82) is 0 Å². The lowest BCUT2D eigenvalue weighted by Gasteiger charge is -2.44. The van der Waals surface area contributed by atoms with E-state index in [0.29, 0.717) is 6.07 Å². The molecule has 2 aliphatic heterocycles. The average molecular weight is 404 g/mol. The van der Waals surface area contributed by atoms with E-state index in [-0.39, 0.29) is 37.2 Å². The van der Waals surface area contributed by atoms with Crippen LogP contribution in [0.15, 0.2) is 12.1 Å². The molecule has 0 atom stereocenters. The largest absolute Gasteiger partial charge is 0.444 e. The number of hydrogen-bond donors (Lipinski definition) is 1. The number of nitrogens with zero attached hydrogens (tertiary/aromatic N) is 1. The minimum absolute atomic E-state index is 0.109. The summed E-state index contributed by atoms with van der Waals surface area (Å²) in [7, 11) is 0. The minimum Gasteiger partial charge on any atom is -0.444 e. The van der Waals surface area contributed by atoms with Gasteiger partial charge in [-0.2, -0.15) is 13.2 Å². The summed E-state index contributed by atoms with van der Waals surface area (Å²) >= 11 is 0. The molecular formula is C18H20F4N2O4. The Kier molecular flexibility index (Phi) is 4.71. The van der Waals surface area contributed by atoms with Gasteiger partial charge in [0.2, 0.25) is 0 Å². The number of likely N-dealkylation sites (tertiary alicyclic amines) is 1. The van der Waals surface area contributed by atoms with Crippen molar-refractivity contribution in [2.24, 2.45) is 0 Å². The van der Waals surface area contributed by atoms with Crippen LogP contribution in [0.2, 0.25) is 0 Å². The Morgan fingerprint density at radius 2 is 1.82 bits per heavy atom. The van der Waals surface area contributed by atoms with Crippen LogP contribution in [0.3, 0.4) is 0 Å². The zero-order valence-corrected chi connectivity index (χ0v) is 15.6. The molecule has 6 nitrogen and oxygen atoms in total. The van der Waals surface area contributed by atoms with Crippen LogP contribution in [0.5, 0.6) is 0 Å². The van der Waals surface area contributed by atoms with E-state index in [4.69, 9.17) is 9.47 Å². The fourth-order valence-electron chi connectivity index (χ4n) is 3.39. The number of anilines is 1. The summed E-state index contributed by atoms with van der Waals surface area (Å²) in [4.78, 5) is 25.6. The van der Waals surface area contributed by atoms with Gasteiger partial charge in [0.1, 0.15) is 17.0 Å². The molecule has 3 rings (SSSR count). The molecule has 0 aliphatic carbocycles. The molecule has 2 aliphatic rings. The summed E-state index contributed by atoms with van der Waals surface area (Å²) in [6.07, 6.45) is -6.14. The lowest BCUT2D eigenvalue weighted by molar-refractivity contribution is -0.140. The molecule has 154 valence electrons. The van der Waals surface area contributed by atoms with Crippen molar-refractivity contribution < 1.29 is 36.6 Å². The first kappa shape index (κ1) is 20.2. The highest BCUT2D eigenvalue weighted by atomic mass is 19.4. The van der Waals surface area contributed by atoms with Crippen LogP contribution >= 0.6 is 0 Å². The Bertz CT molecular complexity index is 809. The van der Waals surface area contributed by atoms with Gasteiger partial charge in [-0.3, -0.25) is 5.32 Å². The normalized spacial score (nSPS) is 19.0. The predicted octanol–water partition coefficient (Wildman–Crippen LogP) is 4.63. The maximum Gasteiger partial charge on any atom is 0.419 e. The van der Waals surface area contributed by atoms with Crippen LogP contribution in [0.4, 0.5) is 32.8 Å². The van der Waals surface area contributed by atoms with Gasteiger partial charge in [0.15, 0.2) is 0 Å². The molecule has 0 aromatic heterocycles. The number of carbonyl (C=O) groups excluding carboxylic acids is 2. The number of amides is 2. The third-order valence-corrected chi connectivity index (χ3v) is 4.65. The molecule has 1 aromatic rings. The summed E-state index contributed by atoms with van der Waals surface area (Å²) in [5.74, 6) is -1.44. The zero-order chi connectivity index (χ0) is 20.9. The average Bonchev–Trinajstić information content (AvgIpc) is 2.53. The monoisotopic (exact) mass is 404 g/mol. The van der Waals surface area contributed by atoms with Crippen molar-refractivity contribution in [3.05, 3.63) is 29.1 Å². The summed E-state index contributed by atoms with van der Waals surface area (Å²) in [6, 6.07) is 1.33.